The highest BCUT2D eigenvalue weighted by Gasteiger charge is 2.34. The molecule has 1 fully saturated rings. The number of piperidine rings is 1. The summed E-state index contributed by atoms with van der Waals surface area (Å²) in [6.07, 6.45) is -0.868. The van der Waals surface area contributed by atoms with Crippen LogP contribution in [-0.4, -0.2) is 50.9 Å². The van der Waals surface area contributed by atoms with Crippen LogP contribution in [0.4, 0.5) is 14.5 Å². The zero-order valence-electron chi connectivity index (χ0n) is 18.1. The summed E-state index contributed by atoms with van der Waals surface area (Å²) in [6.45, 7) is 1.50. The van der Waals surface area contributed by atoms with Crippen LogP contribution in [0, 0.1) is 17.6 Å². The van der Waals surface area contributed by atoms with Crippen molar-refractivity contribution in [3.05, 3.63) is 54.1 Å². The van der Waals surface area contributed by atoms with Crippen molar-refractivity contribution in [3.63, 3.8) is 0 Å². The van der Waals surface area contributed by atoms with Crippen LogP contribution in [0.3, 0.4) is 0 Å². The highest BCUT2D eigenvalue weighted by atomic mass is 32.2. The third-order valence-corrected chi connectivity index (χ3v) is 7.27. The minimum Gasteiger partial charge on any atom is -0.497 e. The van der Waals surface area contributed by atoms with Gasteiger partial charge in [0.25, 0.3) is 5.91 Å². The molecule has 1 aliphatic heterocycles. The van der Waals surface area contributed by atoms with Gasteiger partial charge in [-0.15, -0.1) is 0 Å². The van der Waals surface area contributed by atoms with Crippen LogP contribution < -0.4 is 10.1 Å². The lowest BCUT2D eigenvalue weighted by Gasteiger charge is -2.30. The molecule has 1 atom stereocenters. The average molecular weight is 483 g/mol. The van der Waals surface area contributed by atoms with Crippen molar-refractivity contribution < 1.29 is 36.3 Å². The number of hydrogen-bond donors (Lipinski definition) is 1. The molecule has 0 aromatic heterocycles. The predicted molar refractivity (Wildman–Crippen MR) is 115 cm³/mol. The number of halogens is 2. The number of methoxy groups -OCH3 is 1. The summed E-state index contributed by atoms with van der Waals surface area (Å²) in [5, 5.41) is 2.08. The summed E-state index contributed by atoms with van der Waals surface area (Å²) < 4.78 is 64.5. The van der Waals surface area contributed by atoms with Gasteiger partial charge in [0.05, 0.1) is 17.9 Å². The van der Waals surface area contributed by atoms with Crippen LogP contribution >= 0.6 is 0 Å². The molecule has 2 aromatic rings. The fraction of sp³-hybridized carbons (Fsp3) is 0.364. The molecule has 1 saturated heterocycles. The minimum absolute atomic E-state index is 0.106. The molecule has 1 aliphatic rings. The number of nitrogens with one attached hydrogen (secondary N) is 1. The smallest absolute Gasteiger partial charge is 0.309 e. The Morgan fingerprint density at radius 2 is 1.64 bits per heavy atom. The summed E-state index contributed by atoms with van der Waals surface area (Å²) in [5.41, 5.74) is -0.623. The van der Waals surface area contributed by atoms with Crippen LogP contribution in [0.15, 0.2) is 47.4 Å². The van der Waals surface area contributed by atoms with Gasteiger partial charge in [-0.2, -0.15) is 4.31 Å². The number of nitrogens with zero attached hydrogens (tertiary/aromatic N) is 1. The Hall–Kier alpha value is -3.05. The first kappa shape index (κ1) is 24.6. The Morgan fingerprint density at radius 1 is 1.06 bits per heavy atom. The maximum Gasteiger partial charge on any atom is 0.309 e. The second-order valence-electron chi connectivity index (χ2n) is 7.52. The average Bonchev–Trinajstić information content (AvgIpc) is 2.81. The van der Waals surface area contributed by atoms with Crippen LogP contribution in [0.1, 0.15) is 19.8 Å². The lowest BCUT2D eigenvalue weighted by molar-refractivity contribution is -0.158. The van der Waals surface area contributed by atoms with Crippen LogP contribution in [0.25, 0.3) is 0 Å². The summed E-state index contributed by atoms with van der Waals surface area (Å²) in [4.78, 5) is 24.8. The molecule has 0 aliphatic carbocycles. The van der Waals surface area contributed by atoms with E-state index in [2.05, 4.69) is 5.32 Å². The fourth-order valence-corrected chi connectivity index (χ4v) is 4.86. The van der Waals surface area contributed by atoms with Crippen molar-refractivity contribution in [2.24, 2.45) is 5.92 Å². The number of esters is 1. The second-order valence-corrected chi connectivity index (χ2v) is 9.46. The number of sulfonamides is 1. The van der Waals surface area contributed by atoms with E-state index in [9.17, 15) is 26.8 Å². The van der Waals surface area contributed by atoms with Gasteiger partial charge in [0.2, 0.25) is 10.0 Å². The number of rotatable bonds is 7. The predicted octanol–water partition coefficient (Wildman–Crippen LogP) is 2.94. The summed E-state index contributed by atoms with van der Waals surface area (Å²) >= 11 is 0. The molecular formula is C22H24F2N2O6S. The summed E-state index contributed by atoms with van der Waals surface area (Å²) in [5.74, 6) is -3.53. The normalized spacial score (nSPS) is 16.1. The molecule has 0 spiro atoms. The van der Waals surface area contributed by atoms with Crippen LogP contribution in [0.2, 0.25) is 0 Å². The monoisotopic (exact) mass is 482 g/mol. The molecule has 2 aromatic carbocycles. The van der Waals surface area contributed by atoms with Crippen molar-refractivity contribution in [1.82, 2.24) is 4.31 Å². The van der Waals surface area contributed by atoms with Gasteiger partial charge in [-0.1, -0.05) is 6.07 Å². The van der Waals surface area contributed by atoms with Gasteiger partial charge in [-0.25, -0.2) is 17.2 Å². The van der Waals surface area contributed by atoms with E-state index in [1.165, 1.54) is 30.5 Å². The number of carbonyl (C=O) groups excluding carboxylic acids is 2. The number of benzene rings is 2. The Bertz CT molecular complexity index is 1100. The van der Waals surface area contributed by atoms with Crippen LogP contribution in [-0.2, 0) is 24.3 Å². The SMILES string of the molecule is COc1ccc(S(=O)(=O)N2CCC(C(=O)OC(C)C(=O)Nc3c(F)cccc3F)CC2)cc1. The summed E-state index contributed by atoms with van der Waals surface area (Å²) in [6, 6.07) is 9.14. The number of ether oxygens (including phenoxy) is 2. The molecule has 1 N–H and O–H groups in total. The van der Waals surface area contributed by atoms with Gasteiger partial charge in [-0.3, -0.25) is 9.59 Å². The van der Waals surface area contributed by atoms with E-state index in [1.54, 1.807) is 12.1 Å². The summed E-state index contributed by atoms with van der Waals surface area (Å²) in [7, 11) is -2.24. The Morgan fingerprint density at radius 3 is 2.18 bits per heavy atom. The maximum atomic E-state index is 13.7. The third kappa shape index (κ3) is 5.66. The van der Waals surface area contributed by atoms with E-state index in [0.29, 0.717) is 5.75 Å². The first-order valence-corrected chi connectivity index (χ1v) is 11.7. The lowest BCUT2D eigenvalue weighted by atomic mass is 9.98. The van der Waals surface area contributed by atoms with Gasteiger partial charge in [-0.05, 0) is 56.2 Å². The molecule has 1 heterocycles. The Balaban J connectivity index is 1.54. The van der Waals surface area contributed by atoms with E-state index < -0.39 is 51.2 Å². The minimum atomic E-state index is -3.72. The van der Waals surface area contributed by atoms with Crippen molar-refractivity contribution in [1.29, 1.82) is 0 Å². The van der Waals surface area contributed by atoms with Crippen LogP contribution in [0.5, 0.6) is 5.75 Å². The third-order valence-electron chi connectivity index (χ3n) is 5.36. The molecule has 33 heavy (non-hydrogen) atoms. The fourth-order valence-electron chi connectivity index (χ4n) is 3.39. The van der Waals surface area contributed by atoms with Gasteiger partial charge in [0, 0.05) is 13.1 Å². The Kier molecular flexibility index (Phi) is 7.65. The molecule has 178 valence electrons. The topological polar surface area (TPSA) is 102 Å². The molecular weight excluding hydrogens is 458 g/mol. The number of amides is 1. The number of hydrogen-bond acceptors (Lipinski definition) is 6. The number of anilines is 1. The first-order chi connectivity index (χ1) is 15.6. The molecule has 1 amide bonds. The molecule has 11 heteroatoms. The zero-order chi connectivity index (χ0) is 24.2. The van der Waals surface area contributed by atoms with Gasteiger partial charge in [0.15, 0.2) is 6.10 Å². The number of carbonyl (C=O) groups is 2. The maximum absolute atomic E-state index is 13.7. The van der Waals surface area contributed by atoms with E-state index >= 15 is 0 Å². The molecule has 0 bridgehead atoms. The van der Waals surface area contributed by atoms with Gasteiger partial charge >= 0.3 is 5.97 Å². The van der Waals surface area contributed by atoms with E-state index in [4.69, 9.17) is 9.47 Å². The van der Waals surface area contributed by atoms with Gasteiger partial charge in [0.1, 0.15) is 23.1 Å². The first-order valence-electron chi connectivity index (χ1n) is 10.2. The largest absolute Gasteiger partial charge is 0.497 e. The van der Waals surface area contributed by atoms with Crippen molar-refractivity contribution in [3.8, 4) is 5.75 Å². The van der Waals surface area contributed by atoms with Gasteiger partial charge < -0.3 is 14.8 Å². The number of para-hydroxylation sites is 1. The van der Waals surface area contributed by atoms with Crippen molar-refractivity contribution >= 4 is 27.6 Å². The standard InChI is InChI=1S/C22H24F2N2O6S/c1-14(21(27)25-20-18(23)4-3-5-19(20)24)32-22(28)15-10-12-26(13-11-15)33(29,30)17-8-6-16(31-2)7-9-17/h3-9,14-15H,10-13H2,1-2H3,(H,25,27). The van der Waals surface area contributed by atoms with E-state index in [0.717, 1.165) is 18.2 Å². The molecule has 1 unspecified atom stereocenters. The van der Waals surface area contributed by atoms with Crippen molar-refractivity contribution in [2.45, 2.75) is 30.8 Å². The zero-order valence-corrected chi connectivity index (χ0v) is 18.9. The van der Waals surface area contributed by atoms with Crippen molar-refractivity contribution in [2.75, 3.05) is 25.5 Å². The second kappa shape index (κ2) is 10.3. The Labute approximate surface area is 190 Å². The highest BCUT2D eigenvalue weighted by Crippen LogP contribution is 2.26. The molecule has 3 rings (SSSR count). The molecule has 0 radical (unpaired) electrons. The quantitative estimate of drug-likeness (QED) is 0.609. The van der Waals surface area contributed by atoms with E-state index in [1.807, 2.05) is 0 Å². The molecule has 8 nitrogen and oxygen atoms in total. The molecule has 0 saturated carbocycles. The highest BCUT2D eigenvalue weighted by molar-refractivity contribution is 7.89. The van der Waals surface area contributed by atoms with E-state index in [-0.39, 0.29) is 30.8 Å². The lowest BCUT2D eigenvalue weighted by Crippen LogP contribution is -2.41.